The van der Waals surface area contributed by atoms with Crippen LogP contribution in [0.15, 0.2) is 30.6 Å². The van der Waals surface area contributed by atoms with E-state index in [1.807, 2.05) is 7.05 Å². The standard InChI is InChI=1S/C19H24FN5O/c1-3-24(2)18-16-7-9-25(10-8-17(16)22-13-23-18)19(26)21-12-14-5-4-6-15(20)11-14/h4-6,11,13H,3,7-10,12H2,1-2H3,(H,21,26). The second-order valence-corrected chi connectivity index (χ2v) is 6.41. The molecule has 2 amide bonds. The summed E-state index contributed by atoms with van der Waals surface area (Å²) in [7, 11) is 2.01. The van der Waals surface area contributed by atoms with Crippen molar-refractivity contribution in [3.05, 3.63) is 53.2 Å². The number of hydrogen-bond donors (Lipinski definition) is 1. The Labute approximate surface area is 153 Å². The van der Waals surface area contributed by atoms with Gasteiger partial charge >= 0.3 is 6.03 Å². The van der Waals surface area contributed by atoms with Gasteiger partial charge in [0.15, 0.2) is 0 Å². The van der Waals surface area contributed by atoms with Crippen LogP contribution in [-0.2, 0) is 19.4 Å². The summed E-state index contributed by atoms with van der Waals surface area (Å²) in [6.07, 6.45) is 3.03. The molecule has 1 N–H and O–H groups in total. The number of carbonyl (C=O) groups is 1. The van der Waals surface area contributed by atoms with Gasteiger partial charge in [-0.2, -0.15) is 0 Å². The number of aromatic nitrogens is 2. The third kappa shape index (κ3) is 4.09. The van der Waals surface area contributed by atoms with Crippen LogP contribution in [0.1, 0.15) is 23.7 Å². The van der Waals surface area contributed by atoms with Crippen LogP contribution in [0.4, 0.5) is 15.0 Å². The molecule has 1 aromatic carbocycles. The van der Waals surface area contributed by atoms with Crippen molar-refractivity contribution in [3.8, 4) is 0 Å². The molecule has 0 atom stereocenters. The van der Waals surface area contributed by atoms with Gasteiger partial charge in [-0.1, -0.05) is 12.1 Å². The minimum absolute atomic E-state index is 0.138. The lowest BCUT2D eigenvalue weighted by molar-refractivity contribution is 0.199. The molecule has 3 rings (SSSR count). The number of halogens is 1. The van der Waals surface area contributed by atoms with Crippen molar-refractivity contribution in [3.63, 3.8) is 0 Å². The lowest BCUT2D eigenvalue weighted by Gasteiger charge is -2.21. The highest BCUT2D eigenvalue weighted by atomic mass is 19.1. The van der Waals surface area contributed by atoms with Crippen LogP contribution < -0.4 is 10.2 Å². The van der Waals surface area contributed by atoms with E-state index in [9.17, 15) is 9.18 Å². The van der Waals surface area contributed by atoms with Crippen LogP contribution in [0, 0.1) is 5.82 Å². The van der Waals surface area contributed by atoms with Gasteiger partial charge in [-0.15, -0.1) is 0 Å². The van der Waals surface area contributed by atoms with E-state index in [1.165, 1.54) is 12.1 Å². The molecule has 0 saturated heterocycles. The maximum absolute atomic E-state index is 13.2. The minimum atomic E-state index is -0.298. The lowest BCUT2D eigenvalue weighted by Crippen LogP contribution is -2.41. The predicted molar refractivity (Wildman–Crippen MR) is 98.6 cm³/mol. The van der Waals surface area contributed by atoms with Crippen molar-refractivity contribution in [1.82, 2.24) is 20.2 Å². The number of amides is 2. The average Bonchev–Trinajstić information content (AvgIpc) is 2.88. The van der Waals surface area contributed by atoms with Gasteiger partial charge in [0.05, 0.1) is 5.69 Å². The zero-order chi connectivity index (χ0) is 18.5. The third-order valence-electron chi connectivity index (χ3n) is 4.72. The predicted octanol–water partition coefficient (Wildman–Crippen LogP) is 2.38. The van der Waals surface area contributed by atoms with Crippen molar-refractivity contribution in [1.29, 1.82) is 0 Å². The molecule has 6 nitrogen and oxygen atoms in total. The van der Waals surface area contributed by atoms with E-state index in [4.69, 9.17) is 0 Å². The van der Waals surface area contributed by atoms with Crippen molar-refractivity contribution in [2.75, 3.05) is 31.6 Å². The highest BCUT2D eigenvalue weighted by Crippen LogP contribution is 2.22. The van der Waals surface area contributed by atoms with Gasteiger partial charge in [0.25, 0.3) is 0 Å². The van der Waals surface area contributed by atoms with Crippen LogP contribution in [0.5, 0.6) is 0 Å². The van der Waals surface area contributed by atoms with Crippen LogP contribution in [-0.4, -0.2) is 47.6 Å². The quantitative estimate of drug-likeness (QED) is 0.913. The molecule has 0 spiro atoms. The molecule has 1 aliphatic heterocycles. The summed E-state index contributed by atoms with van der Waals surface area (Å²) >= 11 is 0. The van der Waals surface area contributed by atoms with E-state index in [1.54, 1.807) is 23.4 Å². The highest BCUT2D eigenvalue weighted by Gasteiger charge is 2.22. The number of anilines is 1. The lowest BCUT2D eigenvalue weighted by atomic mass is 10.1. The van der Waals surface area contributed by atoms with Crippen molar-refractivity contribution < 1.29 is 9.18 Å². The fourth-order valence-corrected chi connectivity index (χ4v) is 3.13. The molecule has 0 radical (unpaired) electrons. The number of nitrogens with zero attached hydrogens (tertiary/aromatic N) is 4. The Hall–Kier alpha value is -2.70. The van der Waals surface area contributed by atoms with Gasteiger partial charge in [-0.25, -0.2) is 19.2 Å². The van der Waals surface area contributed by atoms with Crippen molar-refractivity contribution in [2.45, 2.75) is 26.3 Å². The number of carbonyl (C=O) groups excluding carboxylic acids is 1. The normalized spacial score (nSPS) is 13.7. The van der Waals surface area contributed by atoms with Crippen LogP contribution in [0.25, 0.3) is 0 Å². The minimum Gasteiger partial charge on any atom is -0.360 e. The van der Waals surface area contributed by atoms with Crippen LogP contribution in [0.3, 0.4) is 0 Å². The first kappa shape index (κ1) is 18.1. The first-order chi connectivity index (χ1) is 12.6. The second-order valence-electron chi connectivity index (χ2n) is 6.41. The molecule has 26 heavy (non-hydrogen) atoms. The Bertz CT molecular complexity index is 782. The maximum Gasteiger partial charge on any atom is 0.317 e. The maximum atomic E-state index is 13.2. The smallest absolute Gasteiger partial charge is 0.317 e. The molecule has 1 aliphatic rings. The SMILES string of the molecule is CCN(C)c1ncnc2c1CCN(C(=O)NCc1cccc(F)c1)CC2. The Morgan fingerprint density at radius 2 is 2.12 bits per heavy atom. The fourth-order valence-electron chi connectivity index (χ4n) is 3.13. The Morgan fingerprint density at radius 1 is 1.31 bits per heavy atom. The van der Waals surface area contributed by atoms with Crippen LogP contribution >= 0.6 is 0 Å². The van der Waals surface area contributed by atoms with Gasteiger partial charge in [-0.3, -0.25) is 0 Å². The summed E-state index contributed by atoms with van der Waals surface area (Å²) in [5, 5.41) is 2.87. The van der Waals surface area contributed by atoms with Crippen molar-refractivity contribution >= 4 is 11.8 Å². The number of fused-ring (bicyclic) bond motifs is 1. The Balaban J connectivity index is 1.64. The molecular formula is C19H24FN5O. The topological polar surface area (TPSA) is 61.4 Å². The summed E-state index contributed by atoms with van der Waals surface area (Å²) in [6.45, 7) is 4.47. The largest absolute Gasteiger partial charge is 0.360 e. The zero-order valence-electron chi connectivity index (χ0n) is 15.2. The van der Waals surface area contributed by atoms with Crippen molar-refractivity contribution in [2.24, 2.45) is 0 Å². The third-order valence-corrected chi connectivity index (χ3v) is 4.72. The monoisotopic (exact) mass is 357 g/mol. The molecule has 0 bridgehead atoms. The summed E-state index contributed by atoms with van der Waals surface area (Å²) < 4.78 is 13.2. The molecule has 7 heteroatoms. The van der Waals surface area contributed by atoms with E-state index in [0.29, 0.717) is 26.1 Å². The molecular weight excluding hydrogens is 333 g/mol. The van der Waals surface area contributed by atoms with Gasteiger partial charge in [0.1, 0.15) is 18.0 Å². The molecule has 138 valence electrons. The average molecular weight is 357 g/mol. The second kappa shape index (κ2) is 8.12. The summed E-state index contributed by atoms with van der Waals surface area (Å²) in [5.41, 5.74) is 2.88. The number of rotatable bonds is 4. The first-order valence-electron chi connectivity index (χ1n) is 8.89. The molecule has 2 heterocycles. The van der Waals surface area contributed by atoms with E-state index in [-0.39, 0.29) is 11.8 Å². The van der Waals surface area contributed by atoms with E-state index in [0.717, 1.165) is 35.6 Å². The molecule has 0 saturated carbocycles. The molecule has 0 fully saturated rings. The van der Waals surface area contributed by atoms with E-state index >= 15 is 0 Å². The first-order valence-corrected chi connectivity index (χ1v) is 8.89. The van der Waals surface area contributed by atoms with Gasteiger partial charge < -0.3 is 15.1 Å². The Kier molecular flexibility index (Phi) is 5.65. The summed E-state index contributed by atoms with van der Waals surface area (Å²) in [6, 6.07) is 6.12. The number of hydrogen-bond acceptors (Lipinski definition) is 4. The Morgan fingerprint density at radius 3 is 2.88 bits per heavy atom. The van der Waals surface area contributed by atoms with Gasteiger partial charge in [0, 0.05) is 45.2 Å². The highest BCUT2D eigenvalue weighted by molar-refractivity contribution is 5.74. The molecule has 0 unspecified atom stereocenters. The fraction of sp³-hybridized carbons (Fsp3) is 0.421. The van der Waals surface area contributed by atoms with Gasteiger partial charge in [-0.05, 0) is 31.0 Å². The van der Waals surface area contributed by atoms with E-state index < -0.39 is 0 Å². The summed E-state index contributed by atoms with van der Waals surface area (Å²) in [5.74, 6) is 0.646. The van der Waals surface area contributed by atoms with Gasteiger partial charge in [0.2, 0.25) is 0 Å². The zero-order valence-corrected chi connectivity index (χ0v) is 15.2. The molecule has 1 aromatic heterocycles. The molecule has 2 aromatic rings. The number of urea groups is 1. The molecule has 0 aliphatic carbocycles. The number of benzene rings is 1. The van der Waals surface area contributed by atoms with E-state index in [2.05, 4.69) is 27.1 Å². The number of nitrogens with one attached hydrogen (secondary N) is 1. The summed E-state index contributed by atoms with van der Waals surface area (Å²) in [4.78, 5) is 25.2. The van der Waals surface area contributed by atoms with Crippen LogP contribution in [0.2, 0.25) is 0 Å².